The lowest BCUT2D eigenvalue weighted by atomic mass is 9.49. The number of sulfonamides is 1. The maximum Gasteiger partial charge on any atom is 0.341 e. The van der Waals surface area contributed by atoms with E-state index < -0.39 is 16.0 Å². The molecule has 1 aromatic heterocycles. The third-order valence-electron chi connectivity index (χ3n) is 8.45. The highest BCUT2D eigenvalue weighted by Crippen LogP contribution is 2.60. The highest BCUT2D eigenvalue weighted by atomic mass is 32.2. The van der Waals surface area contributed by atoms with E-state index in [1.54, 1.807) is 6.92 Å². The summed E-state index contributed by atoms with van der Waals surface area (Å²) in [6.45, 7) is 2.22. The molecule has 1 saturated heterocycles. The van der Waals surface area contributed by atoms with Crippen LogP contribution in [-0.4, -0.2) is 50.8 Å². The minimum absolute atomic E-state index is 0.111. The Morgan fingerprint density at radius 2 is 1.79 bits per heavy atom. The summed E-state index contributed by atoms with van der Waals surface area (Å²) < 4.78 is 38.5. The van der Waals surface area contributed by atoms with E-state index in [-0.39, 0.29) is 33.8 Å². The number of piperidine rings is 1. The van der Waals surface area contributed by atoms with Crippen LogP contribution in [0.25, 0.3) is 0 Å². The quantitative estimate of drug-likeness (QED) is 0.629. The van der Waals surface area contributed by atoms with E-state index in [0.717, 1.165) is 32.1 Å². The molecule has 5 aliphatic rings. The van der Waals surface area contributed by atoms with Crippen molar-refractivity contribution in [3.63, 3.8) is 0 Å². The molecule has 1 unspecified atom stereocenters. The van der Waals surface area contributed by atoms with E-state index in [2.05, 4.69) is 5.32 Å². The lowest BCUT2D eigenvalue weighted by Gasteiger charge is -2.55. The van der Waals surface area contributed by atoms with Gasteiger partial charge in [-0.2, -0.15) is 4.31 Å². The molecule has 4 bridgehead atoms. The lowest BCUT2D eigenvalue weighted by Crippen LogP contribution is -2.56. The van der Waals surface area contributed by atoms with E-state index in [1.165, 1.54) is 36.7 Å². The van der Waals surface area contributed by atoms with Crippen LogP contribution >= 0.6 is 0 Å². The molecule has 0 radical (unpaired) electrons. The Labute approximate surface area is 195 Å². The Morgan fingerprint density at radius 3 is 2.39 bits per heavy atom. The smallest absolute Gasteiger partial charge is 0.341 e. The third kappa shape index (κ3) is 4.01. The molecule has 6 rings (SSSR count). The summed E-state index contributed by atoms with van der Waals surface area (Å²) in [6.07, 6.45) is 9.13. The summed E-state index contributed by atoms with van der Waals surface area (Å²) in [5, 5.41) is 2.91. The molecule has 9 heteroatoms. The van der Waals surface area contributed by atoms with Crippen LogP contribution in [-0.2, 0) is 19.6 Å². The van der Waals surface area contributed by atoms with Crippen molar-refractivity contribution in [1.29, 1.82) is 0 Å². The van der Waals surface area contributed by atoms with E-state index in [9.17, 15) is 18.0 Å². The van der Waals surface area contributed by atoms with Gasteiger partial charge in [-0.25, -0.2) is 13.2 Å². The molecule has 8 nitrogen and oxygen atoms in total. The van der Waals surface area contributed by atoms with Gasteiger partial charge in [0.15, 0.2) is 0 Å². The molecule has 1 N–H and O–H groups in total. The zero-order chi connectivity index (χ0) is 23.4. The monoisotopic (exact) mass is 478 g/mol. The predicted octanol–water partition coefficient (Wildman–Crippen LogP) is 3.25. The summed E-state index contributed by atoms with van der Waals surface area (Å²) in [4.78, 5) is 25.3. The van der Waals surface area contributed by atoms with Gasteiger partial charge >= 0.3 is 5.97 Å². The number of ether oxygens (including phenoxy) is 1. The van der Waals surface area contributed by atoms with Crippen LogP contribution in [0.1, 0.15) is 73.9 Å². The molecule has 182 valence electrons. The maximum absolute atomic E-state index is 13.4. The van der Waals surface area contributed by atoms with Gasteiger partial charge in [0.05, 0.1) is 7.11 Å². The van der Waals surface area contributed by atoms with Gasteiger partial charge in [0.1, 0.15) is 11.3 Å². The first-order valence-electron chi connectivity index (χ1n) is 12.2. The summed E-state index contributed by atoms with van der Waals surface area (Å²) >= 11 is 0. The number of nitrogens with one attached hydrogen (secondary N) is 1. The van der Waals surface area contributed by atoms with Gasteiger partial charge in [-0.1, -0.05) is 6.42 Å². The molecule has 33 heavy (non-hydrogen) atoms. The maximum atomic E-state index is 13.4. The fourth-order valence-electron chi connectivity index (χ4n) is 7.29. The number of hydrogen-bond acceptors (Lipinski definition) is 6. The predicted molar refractivity (Wildman–Crippen MR) is 120 cm³/mol. The van der Waals surface area contributed by atoms with Gasteiger partial charge in [-0.15, -0.1) is 0 Å². The first-order chi connectivity index (χ1) is 15.7. The van der Waals surface area contributed by atoms with Crippen molar-refractivity contribution < 1.29 is 27.2 Å². The number of nitrogens with zero attached hydrogens (tertiary/aromatic N) is 1. The third-order valence-corrected chi connectivity index (χ3v) is 10.3. The molecule has 4 aliphatic carbocycles. The SMILES string of the molecule is COC(=O)c1cc(S(=O)(=O)N2CCCCC2CNC(=O)C23CC4CC(CC(C4)C2)C3)oc1C. The number of aryl methyl sites for hydroxylation is 1. The van der Waals surface area contributed by atoms with Gasteiger partial charge in [0, 0.05) is 30.6 Å². The van der Waals surface area contributed by atoms with Crippen molar-refractivity contribution in [3.8, 4) is 0 Å². The molecule has 2 heterocycles. The van der Waals surface area contributed by atoms with Gasteiger partial charge in [-0.3, -0.25) is 4.79 Å². The minimum Gasteiger partial charge on any atom is -0.465 e. The van der Waals surface area contributed by atoms with Gasteiger partial charge in [0.25, 0.3) is 10.0 Å². The lowest BCUT2D eigenvalue weighted by molar-refractivity contribution is -0.146. The summed E-state index contributed by atoms with van der Waals surface area (Å²) in [5.41, 5.74) is -0.138. The molecule has 1 atom stereocenters. The number of carbonyl (C=O) groups is 2. The zero-order valence-electron chi connectivity index (χ0n) is 19.5. The Kier molecular flexibility index (Phi) is 5.84. The fourth-order valence-corrected chi connectivity index (χ4v) is 8.96. The molecule has 0 aromatic carbocycles. The van der Waals surface area contributed by atoms with Crippen LogP contribution in [0.2, 0.25) is 0 Å². The van der Waals surface area contributed by atoms with Crippen molar-refractivity contribution >= 4 is 21.9 Å². The Bertz CT molecular complexity index is 1010. The van der Waals surface area contributed by atoms with Crippen molar-refractivity contribution in [2.24, 2.45) is 23.2 Å². The number of rotatable bonds is 6. The van der Waals surface area contributed by atoms with E-state index in [1.807, 2.05) is 0 Å². The largest absolute Gasteiger partial charge is 0.465 e. The number of amides is 1. The van der Waals surface area contributed by atoms with Crippen LogP contribution in [0.3, 0.4) is 0 Å². The second kappa shape index (κ2) is 8.41. The van der Waals surface area contributed by atoms with Gasteiger partial charge in [-0.05, 0) is 76.0 Å². The van der Waals surface area contributed by atoms with Crippen LogP contribution in [0.15, 0.2) is 15.6 Å². The van der Waals surface area contributed by atoms with Crippen LogP contribution in [0.5, 0.6) is 0 Å². The molecular weight excluding hydrogens is 444 g/mol. The number of esters is 1. The summed E-state index contributed by atoms with van der Waals surface area (Å²) in [7, 11) is -2.69. The molecule has 4 saturated carbocycles. The first-order valence-corrected chi connectivity index (χ1v) is 13.6. The number of methoxy groups -OCH3 is 1. The normalized spacial score (nSPS) is 33.8. The molecule has 1 aromatic rings. The van der Waals surface area contributed by atoms with Crippen LogP contribution in [0.4, 0.5) is 0 Å². The van der Waals surface area contributed by atoms with Crippen molar-refractivity contribution in [1.82, 2.24) is 9.62 Å². The second-order valence-electron chi connectivity index (χ2n) is 10.7. The first kappa shape index (κ1) is 22.9. The van der Waals surface area contributed by atoms with E-state index >= 15 is 0 Å². The molecule has 0 spiro atoms. The molecule has 1 amide bonds. The van der Waals surface area contributed by atoms with Crippen molar-refractivity contribution in [2.75, 3.05) is 20.2 Å². The van der Waals surface area contributed by atoms with Crippen LogP contribution in [0, 0.1) is 30.1 Å². The van der Waals surface area contributed by atoms with Crippen LogP contribution < -0.4 is 5.32 Å². The Balaban J connectivity index is 1.30. The van der Waals surface area contributed by atoms with E-state index in [0.29, 0.717) is 37.3 Å². The molecule has 5 fully saturated rings. The minimum atomic E-state index is -3.94. The van der Waals surface area contributed by atoms with Gasteiger partial charge in [0.2, 0.25) is 11.0 Å². The average molecular weight is 479 g/mol. The summed E-state index contributed by atoms with van der Waals surface area (Å²) in [5.74, 6) is 1.74. The zero-order valence-corrected chi connectivity index (χ0v) is 20.3. The highest BCUT2D eigenvalue weighted by Gasteiger charge is 2.54. The second-order valence-corrected chi connectivity index (χ2v) is 12.5. The number of hydrogen-bond donors (Lipinski definition) is 1. The molecular formula is C24H34N2O6S. The van der Waals surface area contributed by atoms with Crippen molar-refractivity contribution in [3.05, 3.63) is 17.4 Å². The average Bonchev–Trinajstić information content (AvgIpc) is 3.18. The molecule has 1 aliphatic heterocycles. The fraction of sp³-hybridized carbons (Fsp3) is 0.750. The van der Waals surface area contributed by atoms with E-state index in [4.69, 9.17) is 9.15 Å². The Morgan fingerprint density at radius 1 is 1.15 bits per heavy atom. The number of carbonyl (C=O) groups excluding carboxylic acids is 2. The highest BCUT2D eigenvalue weighted by molar-refractivity contribution is 7.89. The number of furan rings is 1. The summed E-state index contributed by atoms with van der Waals surface area (Å²) in [6, 6.07) is 0.921. The topological polar surface area (TPSA) is 106 Å². The Hall–Kier alpha value is -1.87. The standard InChI is InChI=1S/C24H34N2O6S/c1-15-20(22(27)31-2)10-21(32-15)33(29,30)26-6-4-3-5-19(26)14-25-23(28)24-11-16-7-17(12-24)9-18(8-16)13-24/h10,16-19H,3-9,11-14H2,1-2H3,(H,25,28). The van der Waals surface area contributed by atoms with Crippen molar-refractivity contribution in [2.45, 2.75) is 75.8 Å². The van der Waals surface area contributed by atoms with Gasteiger partial charge < -0.3 is 14.5 Å².